The van der Waals surface area contributed by atoms with Crippen LogP contribution in [0.2, 0.25) is 0 Å². The van der Waals surface area contributed by atoms with Gasteiger partial charge in [-0.2, -0.15) is 0 Å². The average Bonchev–Trinajstić information content (AvgIpc) is 2.34. The summed E-state index contributed by atoms with van der Waals surface area (Å²) >= 11 is 0. The first-order chi connectivity index (χ1) is 41.1. The van der Waals surface area contributed by atoms with Gasteiger partial charge in [-0.3, -0.25) is 62.7 Å². The Kier molecular flexibility index (Phi) is 27.8. The van der Waals surface area contributed by atoms with Crippen LogP contribution < -0.4 is 61.0 Å². The molecule has 87 heavy (non-hydrogen) atoms. The molecule has 0 saturated carbocycles. The lowest BCUT2D eigenvalue weighted by Crippen LogP contribution is -2.59. The molecule has 1 aromatic carbocycles. The minimum atomic E-state index is -1.74. The van der Waals surface area contributed by atoms with Crippen molar-refractivity contribution in [1.82, 2.24) is 56.2 Å². The molecule has 7 atom stereocenters. The van der Waals surface area contributed by atoms with Crippen LogP contribution in [-0.4, -0.2) is 213 Å². The van der Waals surface area contributed by atoms with Gasteiger partial charge in [0.1, 0.15) is 41.7 Å². The number of hydrogen-bond donors (Lipinski definition) is 13. The standard InChI is InChI=1S/C56H89N19O12/c1-33(2)68-48(82)41-27-36(76)30-75(41)51(85)42(28-44(58)78)72(5)45(79)31-73(26-21-34-13-7-6-8-14-34)49(83)38(16-11-23-66-55(61)62)70-47(81)40-17-12-25-74(40)50(84)39(15-9-10-22-65-54(59)60)69-46(80)37(18-19-43(57)77)71-53(87)56(3,4)52(86)64-24-20-35-29-63-32-67-35/h6-8,13-14,29,32-33,36-42,76H,9-12,15-28,30-31H2,1-5H3,(H2,57,77)(H2,58,78)(H,63,67)(H,64,86)(H,68,82)(H,69,80)(H,70,81)(H,71,87)(H4,59,60,65)(H4,61,62,66)/t36-,37-,38+,39-,40+,41+,42+/m1/s1. The monoisotopic (exact) mass is 1220 g/mol. The van der Waals surface area contributed by atoms with E-state index in [1.807, 2.05) is 0 Å². The molecule has 0 spiro atoms. The van der Waals surface area contributed by atoms with Crippen LogP contribution in [0.5, 0.6) is 0 Å². The van der Waals surface area contributed by atoms with Crippen molar-refractivity contribution in [2.24, 2.45) is 49.8 Å². The zero-order chi connectivity index (χ0) is 64.5. The highest BCUT2D eigenvalue weighted by Crippen LogP contribution is 2.24. The van der Waals surface area contributed by atoms with E-state index in [-0.39, 0.29) is 115 Å². The topological polar surface area (TPSA) is 491 Å². The number of carbonyl (C=O) groups is 11. The Bertz CT molecular complexity index is 2750. The zero-order valence-corrected chi connectivity index (χ0v) is 50.3. The molecule has 480 valence electrons. The van der Waals surface area contributed by atoms with Crippen LogP contribution in [0.3, 0.4) is 0 Å². The maximum atomic E-state index is 15.1. The lowest BCUT2D eigenvalue weighted by molar-refractivity contribution is -0.150. The van der Waals surface area contributed by atoms with Crippen molar-refractivity contribution < 1.29 is 57.8 Å². The fourth-order valence-electron chi connectivity index (χ4n) is 9.98. The van der Waals surface area contributed by atoms with E-state index in [0.717, 1.165) is 21.1 Å². The summed E-state index contributed by atoms with van der Waals surface area (Å²) in [6.07, 6.45) is 2.12. The number of rotatable bonds is 35. The second kappa shape index (κ2) is 34.3. The summed E-state index contributed by atoms with van der Waals surface area (Å²) in [5, 5.41) is 24.1. The Morgan fingerprint density at radius 2 is 1.41 bits per heavy atom. The minimum Gasteiger partial charge on any atom is -0.391 e. The summed E-state index contributed by atoms with van der Waals surface area (Å²) in [4.78, 5) is 172. The molecule has 31 nitrogen and oxygen atoms in total. The molecule has 2 aromatic rings. The molecule has 11 amide bonds. The summed E-state index contributed by atoms with van der Waals surface area (Å²) in [6.45, 7) is 5.43. The molecule has 19 N–H and O–H groups in total. The number of aliphatic hydroxyl groups is 1. The van der Waals surface area contributed by atoms with Crippen LogP contribution in [0.25, 0.3) is 0 Å². The van der Waals surface area contributed by atoms with Crippen LogP contribution in [0.1, 0.15) is 110 Å². The van der Waals surface area contributed by atoms with E-state index < -0.39 is 126 Å². The fraction of sp³-hybridized carbons (Fsp3) is 0.607. The zero-order valence-electron chi connectivity index (χ0n) is 50.3. The summed E-state index contributed by atoms with van der Waals surface area (Å²) in [6, 6.07) is 0.515. The third-order valence-electron chi connectivity index (χ3n) is 14.9. The van der Waals surface area contributed by atoms with E-state index >= 15 is 4.79 Å². The van der Waals surface area contributed by atoms with Crippen molar-refractivity contribution in [3.63, 3.8) is 0 Å². The Hall–Kier alpha value is -8.90. The third-order valence-corrected chi connectivity index (χ3v) is 14.9. The van der Waals surface area contributed by atoms with Gasteiger partial charge in [0.15, 0.2) is 11.9 Å². The molecule has 0 aliphatic carbocycles. The molecular weight excluding hydrogens is 1130 g/mol. The van der Waals surface area contributed by atoms with Gasteiger partial charge in [0, 0.05) is 83.5 Å². The number of amides is 11. The number of likely N-dealkylation sites (N-methyl/N-ethyl adjacent to an activating group) is 1. The van der Waals surface area contributed by atoms with E-state index in [0.29, 0.717) is 19.3 Å². The van der Waals surface area contributed by atoms with E-state index in [2.05, 4.69) is 46.5 Å². The summed E-state index contributed by atoms with van der Waals surface area (Å²) in [5.74, 6) is -9.03. The first-order valence-electron chi connectivity index (χ1n) is 29.1. The SMILES string of the molecule is CC(C)NC(=O)[C@@H]1C[C@@H](O)CN1C(=O)[C@H](CC(N)=O)N(C)C(=O)CN(CCc1ccccc1)C(=O)[C@H](CCCN=C(N)N)NC(=O)[C@@H]1CCCN1C(=O)[C@@H](CCCCN=C(N)N)NC(=O)[C@@H](CCC(N)=O)NC(=O)C(C)(C)C(=O)NCCc1cnc[nH]1. The van der Waals surface area contributed by atoms with Gasteiger partial charge in [0.2, 0.25) is 65.0 Å². The molecule has 0 unspecified atom stereocenters. The van der Waals surface area contributed by atoms with Crippen molar-refractivity contribution in [2.75, 3.05) is 52.9 Å². The van der Waals surface area contributed by atoms with Gasteiger partial charge < -0.3 is 90.7 Å². The van der Waals surface area contributed by atoms with Gasteiger partial charge in [0.05, 0.1) is 25.4 Å². The molecule has 0 radical (unpaired) electrons. The number of aliphatic imine (C=N–C) groups is 2. The lowest BCUT2D eigenvalue weighted by Gasteiger charge is -2.35. The van der Waals surface area contributed by atoms with Crippen molar-refractivity contribution in [2.45, 2.75) is 160 Å². The number of unbranched alkanes of at least 4 members (excludes halogenated alkanes) is 1. The smallest absolute Gasteiger partial charge is 0.246 e. The maximum Gasteiger partial charge on any atom is 0.246 e. The van der Waals surface area contributed by atoms with Crippen molar-refractivity contribution in [1.29, 1.82) is 0 Å². The number of hydrogen-bond acceptors (Lipinski definition) is 15. The number of nitrogens with zero attached hydrogens (tertiary/aromatic N) is 7. The summed E-state index contributed by atoms with van der Waals surface area (Å²) < 4.78 is 0. The van der Waals surface area contributed by atoms with Crippen LogP contribution in [0.15, 0.2) is 52.8 Å². The third kappa shape index (κ3) is 22.5. The van der Waals surface area contributed by atoms with Gasteiger partial charge in [-0.05, 0) is 91.0 Å². The highest BCUT2D eigenvalue weighted by Gasteiger charge is 2.45. The number of benzene rings is 1. The van der Waals surface area contributed by atoms with Crippen molar-refractivity contribution in [3.05, 3.63) is 54.1 Å². The van der Waals surface area contributed by atoms with E-state index in [1.165, 1.54) is 37.0 Å². The summed E-state index contributed by atoms with van der Waals surface area (Å²) in [7, 11) is 1.25. The molecular formula is C56H89N19O12. The van der Waals surface area contributed by atoms with Gasteiger partial charge >= 0.3 is 0 Å². The van der Waals surface area contributed by atoms with Gasteiger partial charge in [0.25, 0.3) is 0 Å². The molecule has 3 heterocycles. The minimum absolute atomic E-state index is 0.0167. The van der Waals surface area contributed by atoms with Gasteiger partial charge in [-0.25, -0.2) is 4.98 Å². The second-order valence-electron chi connectivity index (χ2n) is 22.5. The Labute approximate surface area is 505 Å². The van der Waals surface area contributed by atoms with Crippen LogP contribution in [-0.2, 0) is 65.6 Å². The number of imidazole rings is 1. The predicted octanol–water partition coefficient (Wildman–Crippen LogP) is -4.44. The number of guanidine groups is 2. The summed E-state index contributed by atoms with van der Waals surface area (Å²) in [5.41, 5.74) is 33.2. The number of aliphatic hydroxyl groups excluding tert-OH is 1. The molecule has 2 saturated heterocycles. The van der Waals surface area contributed by atoms with Crippen LogP contribution in [0, 0.1) is 5.41 Å². The van der Waals surface area contributed by atoms with Crippen molar-refractivity contribution in [3.8, 4) is 0 Å². The van der Waals surface area contributed by atoms with Crippen molar-refractivity contribution >= 4 is 76.9 Å². The van der Waals surface area contributed by atoms with Gasteiger partial charge in [-0.1, -0.05) is 30.3 Å². The van der Waals surface area contributed by atoms with E-state index in [4.69, 9.17) is 34.4 Å². The number of aromatic nitrogens is 2. The molecule has 2 aliphatic rings. The number of β-amino-alcohol motifs (C(OH)–C–C–N with tert-alkyl or cyclic N) is 1. The quantitative estimate of drug-likeness (QED) is 0.0134. The predicted molar refractivity (Wildman–Crippen MR) is 319 cm³/mol. The van der Waals surface area contributed by atoms with Crippen LogP contribution >= 0.6 is 0 Å². The maximum absolute atomic E-state index is 15.1. The molecule has 0 bridgehead atoms. The number of likely N-dealkylation sites (tertiary alicyclic amines) is 2. The highest BCUT2D eigenvalue weighted by molar-refractivity contribution is 6.06. The average molecular weight is 1220 g/mol. The highest BCUT2D eigenvalue weighted by atomic mass is 16.3. The van der Waals surface area contributed by atoms with E-state index in [9.17, 15) is 53.1 Å². The number of H-pyrrole nitrogens is 1. The number of carbonyl (C=O) groups excluding carboxylic acids is 11. The molecule has 31 heteroatoms. The largest absolute Gasteiger partial charge is 0.391 e. The first kappa shape index (κ1) is 70.6. The fourth-order valence-corrected chi connectivity index (χ4v) is 9.98. The lowest BCUT2D eigenvalue weighted by atomic mass is 9.90. The first-order valence-corrected chi connectivity index (χ1v) is 29.1. The number of nitrogens with two attached hydrogens (primary N) is 6. The Morgan fingerprint density at radius 1 is 0.759 bits per heavy atom. The molecule has 1 aromatic heterocycles. The number of aromatic amines is 1. The molecule has 2 aliphatic heterocycles. The molecule has 2 fully saturated rings. The van der Waals surface area contributed by atoms with Gasteiger partial charge in [-0.15, -0.1) is 0 Å². The number of primary amides is 2. The number of nitrogens with one attached hydrogen (secondary N) is 6. The Balaban J connectivity index is 1.65. The van der Waals surface area contributed by atoms with Crippen LogP contribution in [0.4, 0.5) is 0 Å². The van der Waals surface area contributed by atoms with E-state index in [1.54, 1.807) is 50.4 Å². The molecule has 4 rings (SSSR count). The Morgan fingerprint density at radius 3 is 2.03 bits per heavy atom. The normalized spacial score (nSPS) is 16.9. The second-order valence-corrected chi connectivity index (χ2v) is 22.5.